The van der Waals surface area contributed by atoms with E-state index in [1.54, 1.807) is 6.92 Å². The highest BCUT2D eigenvalue weighted by atomic mass is 32.2. The van der Waals surface area contributed by atoms with Crippen LogP contribution in [0.4, 0.5) is 0 Å². The maximum atomic E-state index is 11.4. The summed E-state index contributed by atoms with van der Waals surface area (Å²) in [6.07, 6.45) is 6.18. The number of rotatable bonds is 7. The third-order valence-corrected chi connectivity index (χ3v) is 6.74. The van der Waals surface area contributed by atoms with Crippen molar-refractivity contribution in [2.45, 2.75) is 65.8 Å². The van der Waals surface area contributed by atoms with E-state index in [9.17, 15) is 8.42 Å². The minimum absolute atomic E-state index is 0.256. The van der Waals surface area contributed by atoms with Gasteiger partial charge in [0.05, 0.1) is 5.75 Å². The van der Waals surface area contributed by atoms with E-state index < -0.39 is 9.84 Å². The van der Waals surface area contributed by atoms with Crippen molar-refractivity contribution in [3.63, 3.8) is 0 Å². The standard InChI is InChI=1S/C15H31NO2S/c1-5-15(3,4)13-7-9-14(10-8-13)16-11-12-19(17,18)6-2/h13-14,16H,5-12H2,1-4H3. The van der Waals surface area contributed by atoms with Crippen molar-refractivity contribution >= 4 is 9.84 Å². The second kappa shape index (κ2) is 7.07. The van der Waals surface area contributed by atoms with Crippen LogP contribution in [0.25, 0.3) is 0 Å². The lowest BCUT2D eigenvalue weighted by atomic mass is 9.69. The average Bonchev–Trinajstić information content (AvgIpc) is 2.39. The van der Waals surface area contributed by atoms with Crippen LogP contribution in [0.15, 0.2) is 0 Å². The SMILES string of the molecule is CCC(C)(C)C1CCC(NCCS(=O)(=O)CC)CC1. The van der Waals surface area contributed by atoms with Crippen molar-refractivity contribution in [3.05, 3.63) is 0 Å². The summed E-state index contributed by atoms with van der Waals surface area (Å²) in [5, 5.41) is 3.42. The van der Waals surface area contributed by atoms with Crippen LogP contribution in [0.5, 0.6) is 0 Å². The molecule has 1 N–H and O–H groups in total. The van der Waals surface area contributed by atoms with Gasteiger partial charge in [-0.3, -0.25) is 0 Å². The lowest BCUT2D eigenvalue weighted by Crippen LogP contribution is -2.38. The number of hydrogen-bond donors (Lipinski definition) is 1. The van der Waals surface area contributed by atoms with Gasteiger partial charge in [0.25, 0.3) is 0 Å². The fourth-order valence-corrected chi connectivity index (χ4v) is 3.65. The molecule has 1 aliphatic rings. The third-order valence-electron chi connectivity index (χ3n) is 5.03. The summed E-state index contributed by atoms with van der Waals surface area (Å²) in [6.45, 7) is 9.36. The minimum Gasteiger partial charge on any atom is -0.313 e. The van der Waals surface area contributed by atoms with E-state index in [1.807, 2.05) is 0 Å². The smallest absolute Gasteiger partial charge is 0.151 e. The summed E-state index contributed by atoms with van der Waals surface area (Å²) in [7, 11) is -2.82. The molecule has 1 fully saturated rings. The number of sulfone groups is 1. The van der Waals surface area contributed by atoms with Crippen LogP contribution >= 0.6 is 0 Å². The Kier molecular flexibility index (Phi) is 6.31. The fourth-order valence-electron chi connectivity index (χ4n) is 2.93. The Hall–Kier alpha value is -0.0900. The molecule has 0 amide bonds. The molecule has 0 bridgehead atoms. The van der Waals surface area contributed by atoms with Gasteiger partial charge in [0.15, 0.2) is 9.84 Å². The van der Waals surface area contributed by atoms with Gasteiger partial charge < -0.3 is 5.32 Å². The topological polar surface area (TPSA) is 46.2 Å². The first kappa shape index (κ1) is 17.0. The molecule has 0 saturated heterocycles. The van der Waals surface area contributed by atoms with Crippen molar-refractivity contribution in [2.24, 2.45) is 11.3 Å². The molecule has 3 nitrogen and oxygen atoms in total. The van der Waals surface area contributed by atoms with Gasteiger partial charge in [-0.15, -0.1) is 0 Å². The molecule has 0 aliphatic heterocycles. The van der Waals surface area contributed by atoms with Crippen LogP contribution in [0.1, 0.15) is 59.8 Å². The summed E-state index contributed by atoms with van der Waals surface area (Å²) in [5.41, 5.74) is 0.455. The first-order valence-electron chi connectivity index (χ1n) is 7.74. The van der Waals surface area contributed by atoms with Crippen molar-refractivity contribution in [2.75, 3.05) is 18.1 Å². The lowest BCUT2D eigenvalue weighted by Gasteiger charge is -2.39. The molecular formula is C15H31NO2S. The Bertz CT molecular complexity index is 354. The van der Waals surface area contributed by atoms with Crippen LogP contribution < -0.4 is 5.32 Å². The molecule has 1 rings (SSSR count). The van der Waals surface area contributed by atoms with Gasteiger partial charge in [-0.1, -0.05) is 34.1 Å². The molecular weight excluding hydrogens is 258 g/mol. The zero-order valence-corrected chi connectivity index (χ0v) is 13.9. The molecule has 0 unspecified atom stereocenters. The summed E-state index contributed by atoms with van der Waals surface area (Å²) in [6, 6.07) is 0.524. The van der Waals surface area contributed by atoms with Crippen molar-refractivity contribution < 1.29 is 8.42 Å². The Morgan fingerprint density at radius 3 is 2.16 bits per heavy atom. The zero-order valence-electron chi connectivity index (χ0n) is 13.0. The molecule has 1 aliphatic carbocycles. The molecule has 0 atom stereocenters. The van der Waals surface area contributed by atoms with E-state index in [2.05, 4.69) is 26.1 Å². The van der Waals surface area contributed by atoms with Crippen LogP contribution in [-0.2, 0) is 9.84 Å². The Morgan fingerprint density at radius 2 is 1.68 bits per heavy atom. The maximum Gasteiger partial charge on any atom is 0.151 e. The minimum atomic E-state index is -2.82. The predicted octanol–water partition coefficient (Wildman–Crippen LogP) is 3.01. The van der Waals surface area contributed by atoms with Crippen LogP contribution in [-0.4, -0.2) is 32.5 Å². The van der Waals surface area contributed by atoms with Gasteiger partial charge in [0.2, 0.25) is 0 Å². The first-order valence-corrected chi connectivity index (χ1v) is 9.56. The van der Waals surface area contributed by atoms with Crippen LogP contribution in [0.3, 0.4) is 0 Å². The first-order chi connectivity index (χ1) is 8.80. The monoisotopic (exact) mass is 289 g/mol. The maximum absolute atomic E-state index is 11.4. The van der Waals surface area contributed by atoms with E-state index >= 15 is 0 Å². The van der Waals surface area contributed by atoms with E-state index in [0.717, 1.165) is 5.92 Å². The Balaban J connectivity index is 2.28. The van der Waals surface area contributed by atoms with Crippen LogP contribution in [0, 0.1) is 11.3 Å². The highest BCUT2D eigenvalue weighted by Gasteiger charge is 2.31. The van der Waals surface area contributed by atoms with Gasteiger partial charge in [-0.25, -0.2) is 8.42 Å². The highest BCUT2D eigenvalue weighted by molar-refractivity contribution is 7.91. The molecule has 4 heteroatoms. The van der Waals surface area contributed by atoms with Gasteiger partial charge in [0, 0.05) is 18.3 Å². The number of nitrogens with one attached hydrogen (secondary N) is 1. The van der Waals surface area contributed by atoms with Gasteiger partial charge in [-0.2, -0.15) is 0 Å². The highest BCUT2D eigenvalue weighted by Crippen LogP contribution is 2.40. The molecule has 19 heavy (non-hydrogen) atoms. The van der Waals surface area contributed by atoms with E-state index in [-0.39, 0.29) is 11.5 Å². The van der Waals surface area contributed by atoms with E-state index in [0.29, 0.717) is 18.0 Å². The molecule has 0 aromatic rings. The molecule has 114 valence electrons. The Labute approximate surface area is 119 Å². The molecule has 1 saturated carbocycles. The van der Waals surface area contributed by atoms with Crippen LogP contribution in [0.2, 0.25) is 0 Å². The van der Waals surface area contributed by atoms with Gasteiger partial charge >= 0.3 is 0 Å². The Morgan fingerprint density at radius 1 is 1.11 bits per heavy atom. The lowest BCUT2D eigenvalue weighted by molar-refractivity contribution is 0.137. The van der Waals surface area contributed by atoms with Crippen molar-refractivity contribution in [3.8, 4) is 0 Å². The second-order valence-electron chi connectivity index (χ2n) is 6.58. The molecule has 0 aromatic heterocycles. The summed E-state index contributed by atoms with van der Waals surface area (Å²) >= 11 is 0. The predicted molar refractivity (Wildman–Crippen MR) is 82.1 cm³/mol. The van der Waals surface area contributed by atoms with Crippen molar-refractivity contribution in [1.82, 2.24) is 5.32 Å². The van der Waals surface area contributed by atoms with E-state index in [4.69, 9.17) is 0 Å². The summed E-state index contributed by atoms with van der Waals surface area (Å²) in [4.78, 5) is 0. The third kappa shape index (κ3) is 5.42. The fraction of sp³-hybridized carbons (Fsp3) is 1.00. The molecule has 0 spiro atoms. The second-order valence-corrected chi connectivity index (χ2v) is 9.05. The largest absolute Gasteiger partial charge is 0.313 e. The molecule has 0 aromatic carbocycles. The summed E-state index contributed by atoms with van der Waals surface area (Å²) in [5.74, 6) is 1.37. The average molecular weight is 289 g/mol. The van der Waals surface area contributed by atoms with Crippen molar-refractivity contribution in [1.29, 1.82) is 0 Å². The quantitative estimate of drug-likeness (QED) is 0.783. The summed E-state index contributed by atoms with van der Waals surface area (Å²) < 4.78 is 22.8. The molecule has 0 heterocycles. The number of hydrogen-bond acceptors (Lipinski definition) is 3. The zero-order chi connectivity index (χ0) is 14.5. The van der Waals surface area contributed by atoms with Gasteiger partial charge in [0.1, 0.15) is 0 Å². The normalized spacial score (nSPS) is 25.5. The molecule has 0 radical (unpaired) electrons. The van der Waals surface area contributed by atoms with Gasteiger partial charge in [-0.05, 0) is 37.0 Å². The van der Waals surface area contributed by atoms with E-state index in [1.165, 1.54) is 32.1 Å².